The van der Waals surface area contributed by atoms with Crippen molar-refractivity contribution in [1.29, 1.82) is 0 Å². The SMILES string of the molecule is CC1CNCCC1NS(=O)(=O)C(C)C(=O)N(C)C. The lowest BCUT2D eigenvalue weighted by molar-refractivity contribution is -0.127. The van der Waals surface area contributed by atoms with Gasteiger partial charge in [-0.2, -0.15) is 0 Å². The molecule has 0 aromatic rings. The van der Waals surface area contributed by atoms with Gasteiger partial charge in [0.25, 0.3) is 0 Å². The first-order valence-corrected chi connectivity index (χ1v) is 7.73. The molecule has 6 nitrogen and oxygen atoms in total. The van der Waals surface area contributed by atoms with Crippen LogP contribution in [0.4, 0.5) is 0 Å². The maximum atomic E-state index is 12.1. The van der Waals surface area contributed by atoms with Gasteiger partial charge >= 0.3 is 0 Å². The van der Waals surface area contributed by atoms with Crippen LogP contribution in [-0.2, 0) is 14.8 Å². The molecule has 0 saturated carbocycles. The fourth-order valence-corrected chi connectivity index (χ4v) is 3.45. The van der Waals surface area contributed by atoms with Crippen molar-refractivity contribution < 1.29 is 13.2 Å². The quantitative estimate of drug-likeness (QED) is 0.718. The van der Waals surface area contributed by atoms with Crippen LogP contribution in [-0.4, -0.2) is 57.7 Å². The van der Waals surface area contributed by atoms with Gasteiger partial charge in [-0.3, -0.25) is 4.79 Å². The number of piperidine rings is 1. The van der Waals surface area contributed by atoms with Gasteiger partial charge in [0.05, 0.1) is 0 Å². The van der Waals surface area contributed by atoms with E-state index in [1.54, 1.807) is 14.1 Å². The maximum absolute atomic E-state index is 12.1. The monoisotopic (exact) mass is 277 g/mol. The Morgan fingerprint density at radius 1 is 1.44 bits per heavy atom. The van der Waals surface area contributed by atoms with Crippen LogP contribution in [0, 0.1) is 5.92 Å². The normalized spacial score (nSPS) is 26.7. The van der Waals surface area contributed by atoms with E-state index in [0.29, 0.717) is 0 Å². The Balaban J connectivity index is 2.72. The molecular weight excluding hydrogens is 254 g/mol. The number of amides is 1. The highest BCUT2D eigenvalue weighted by molar-refractivity contribution is 7.90. The van der Waals surface area contributed by atoms with Crippen LogP contribution < -0.4 is 10.0 Å². The molecule has 1 aliphatic heterocycles. The first-order chi connectivity index (χ1) is 8.25. The number of sulfonamides is 1. The molecule has 1 fully saturated rings. The molecule has 1 amide bonds. The Hall–Kier alpha value is -0.660. The molecule has 7 heteroatoms. The van der Waals surface area contributed by atoms with Gasteiger partial charge < -0.3 is 10.2 Å². The minimum atomic E-state index is -3.61. The first-order valence-electron chi connectivity index (χ1n) is 6.18. The lowest BCUT2D eigenvalue weighted by Crippen LogP contribution is -2.52. The summed E-state index contributed by atoms with van der Waals surface area (Å²) in [4.78, 5) is 13.0. The van der Waals surface area contributed by atoms with E-state index in [-0.39, 0.29) is 12.0 Å². The van der Waals surface area contributed by atoms with Crippen LogP contribution in [0.15, 0.2) is 0 Å². The summed E-state index contributed by atoms with van der Waals surface area (Å²) in [6, 6.07) is -0.0892. The fraction of sp³-hybridized carbons (Fsp3) is 0.909. The van der Waals surface area contributed by atoms with Crippen molar-refractivity contribution in [1.82, 2.24) is 14.9 Å². The number of nitrogens with one attached hydrogen (secondary N) is 2. The summed E-state index contributed by atoms with van der Waals surface area (Å²) in [6.07, 6.45) is 0.753. The molecule has 0 bridgehead atoms. The summed E-state index contributed by atoms with van der Waals surface area (Å²) in [5, 5.41) is 2.16. The summed E-state index contributed by atoms with van der Waals surface area (Å²) < 4.78 is 26.9. The van der Waals surface area contributed by atoms with Crippen LogP contribution in [0.5, 0.6) is 0 Å². The Labute approximate surface area is 109 Å². The molecule has 2 N–H and O–H groups in total. The van der Waals surface area contributed by atoms with E-state index in [2.05, 4.69) is 10.0 Å². The maximum Gasteiger partial charge on any atom is 0.241 e. The molecule has 18 heavy (non-hydrogen) atoms. The lowest BCUT2D eigenvalue weighted by atomic mass is 9.97. The summed E-state index contributed by atoms with van der Waals surface area (Å²) in [5.41, 5.74) is 0. The van der Waals surface area contributed by atoms with E-state index < -0.39 is 21.2 Å². The van der Waals surface area contributed by atoms with Crippen molar-refractivity contribution in [2.75, 3.05) is 27.2 Å². The number of carbonyl (C=O) groups excluding carboxylic acids is 1. The zero-order chi connectivity index (χ0) is 13.9. The van der Waals surface area contributed by atoms with Crippen LogP contribution in [0.25, 0.3) is 0 Å². The number of hydrogen-bond acceptors (Lipinski definition) is 4. The van der Waals surface area contributed by atoms with Crippen molar-refractivity contribution in [3.63, 3.8) is 0 Å². The average Bonchev–Trinajstić information content (AvgIpc) is 2.29. The predicted molar refractivity (Wildman–Crippen MR) is 70.7 cm³/mol. The Kier molecular flexibility index (Phi) is 5.12. The molecule has 106 valence electrons. The molecule has 0 aromatic carbocycles. The minimum Gasteiger partial charge on any atom is -0.348 e. The molecule has 3 atom stereocenters. The summed E-state index contributed by atoms with van der Waals surface area (Å²) in [5.74, 6) is -0.167. The van der Waals surface area contributed by atoms with Gasteiger partial charge in [0.2, 0.25) is 15.9 Å². The third-order valence-corrected chi connectivity index (χ3v) is 5.12. The zero-order valence-electron chi connectivity index (χ0n) is 11.4. The number of nitrogens with zero attached hydrogens (tertiary/aromatic N) is 1. The van der Waals surface area contributed by atoms with Crippen molar-refractivity contribution >= 4 is 15.9 Å². The Morgan fingerprint density at radius 2 is 2.06 bits per heavy atom. The lowest BCUT2D eigenvalue weighted by Gasteiger charge is -2.31. The van der Waals surface area contributed by atoms with Gasteiger partial charge in [-0.25, -0.2) is 13.1 Å². The highest BCUT2D eigenvalue weighted by Gasteiger charge is 2.33. The van der Waals surface area contributed by atoms with Crippen LogP contribution in [0.3, 0.4) is 0 Å². The van der Waals surface area contributed by atoms with E-state index in [0.717, 1.165) is 19.5 Å². The summed E-state index contributed by atoms with van der Waals surface area (Å²) >= 11 is 0. The smallest absolute Gasteiger partial charge is 0.241 e. The molecule has 3 unspecified atom stereocenters. The van der Waals surface area contributed by atoms with Crippen LogP contribution >= 0.6 is 0 Å². The number of hydrogen-bond donors (Lipinski definition) is 2. The molecule has 1 aliphatic rings. The Bertz CT molecular complexity index is 394. The van der Waals surface area contributed by atoms with E-state index in [4.69, 9.17) is 0 Å². The van der Waals surface area contributed by atoms with Gasteiger partial charge in [-0.1, -0.05) is 6.92 Å². The molecule has 0 aliphatic carbocycles. The van der Waals surface area contributed by atoms with Gasteiger partial charge in [-0.05, 0) is 32.4 Å². The fourth-order valence-electron chi connectivity index (χ4n) is 2.00. The molecule has 1 heterocycles. The largest absolute Gasteiger partial charge is 0.348 e. The van der Waals surface area contributed by atoms with E-state index >= 15 is 0 Å². The Morgan fingerprint density at radius 3 is 2.56 bits per heavy atom. The third kappa shape index (κ3) is 3.66. The van der Waals surface area contributed by atoms with Crippen LogP contribution in [0.2, 0.25) is 0 Å². The minimum absolute atomic E-state index is 0.0892. The zero-order valence-corrected chi connectivity index (χ0v) is 12.3. The molecule has 0 spiro atoms. The molecule has 1 rings (SSSR count). The summed E-state index contributed by atoms with van der Waals surface area (Å²) in [7, 11) is -0.492. The first kappa shape index (κ1) is 15.4. The van der Waals surface area contributed by atoms with Gasteiger partial charge in [0, 0.05) is 20.1 Å². The van der Waals surface area contributed by atoms with Crippen LogP contribution in [0.1, 0.15) is 20.3 Å². The molecular formula is C11H23N3O3S. The molecule has 0 radical (unpaired) electrons. The second-order valence-electron chi connectivity index (χ2n) is 5.11. The second kappa shape index (κ2) is 5.99. The second-order valence-corrected chi connectivity index (χ2v) is 7.15. The van der Waals surface area contributed by atoms with E-state index in [1.807, 2.05) is 6.92 Å². The van der Waals surface area contributed by atoms with E-state index in [9.17, 15) is 13.2 Å². The summed E-state index contributed by atoms with van der Waals surface area (Å²) in [6.45, 7) is 5.02. The highest BCUT2D eigenvalue weighted by atomic mass is 32.2. The van der Waals surface area contributed by atoms with Gasteiger partial charge in [-0.15, -0.1) is 0 Å². The van der Waals surface area contributed by atoms with Gasteiger partial charge in [0.1, 0.15) is 0 Å². The van der Waals surface area contributed by atoms with Gasteiger partial charge in [0.15, 0.2) is 5.25 Å². The van der Waals surface area contributed by atoms with Crippen molar-refractivity contribution in [2.45, 2.75) is 31.6 Å². The number of carbonyl (C=O) groups is 1. The number of rotatable bonds is 4. The molecule has 0 aromatic heterocycles. The standard InChI is InChI=1S/C11H23N3O3S/c1-8-7-12-6-5-10(8)13-18(16,17)9(2)11(15)14(3)4/h8-10,12-13H,5-7H2,1-4H3. The van der Waals surface area contributed by atoms with Crippen molar-refractivity contribution in [3.8, 4) is 0 Å². The highest BCUT2D eigenvalue weighted by Crippen LogP contribution is 2.13. The molecule has 1 saturated heterocycles. The predicted octanol–water partition coefficient (Wildman–Crippen LogP) is -0.619. The average molecular weight is 277 g/mol. The van der Waals surface area contributed by atoms with E-state index in [1.165, 1.54) is 11.8 Å². The van der Waals surface area contributed by atoms with Crippen molar-refractivity contribution in [3.05, 3.63) is 0 Å². The topological polar surface area (TPSA) is 78.5 Å². The van der Waals surface area contributed by atoms with Crippen molar-refractivity contribution in [2.24, 2.45) is 5.92 Å². The third-order valence-electron chi connectivity index (χ3n) is 3.35.